The van der Waals surface area contributed by atoms with Crippen LogP contribution in [0.3, 0.4) is 0 Å². The number of hydrogen-bond acceptors (Lipinski definition) is 7. The number of thioether (sulfide) groups is 1. The molecule has 2 aromatic heterocycles. The number of alkyl carbamates (subject to hydrolysis) is 1. The molecule has 0 aliphatic carbocycles. The van der Waals surface area contributed by atoms with E-state index in [-0.39, 0.29) is 0 Å². The Kier molecular flexibility index (Phi) is 5.56. The summed E-state index contributed by atoms with van der Waals surface area (Å²) in [6.07, 6.45) is -0.0708. The van der Waals surface area contributed by atoms with Gasteiger partial charge in [0.15, 0.2) is 5.16 Å². The van der Waals surface area contributed by atoms with Crippen molar-refractivity contribution in [3.63, 3.8) is 0 Å². The van der Waals surface area contributed by atoms with Gasteiger partial charge in [-0.3, -0.25) is 10.1 Å². The zero-order valence-electron chi connectivity index (χ0n) is 12.4. The zero-order chi connectivity index (χ0) is 16.1. The number of imide groups is 1. The molecular formula is C13H16N4O3S2. The Bertz CT molecular complexity index is 654. The number of nitrogens with one attached hydrogen (secondary N) is 1. The molecular weight excluding hydrogens is 324 g/mol. The Morgan fingerprint density at radius 3 is 2.91 bits per heavy atom. The van der Waals surface area contributed by atoms with Crippen LogP contribution in [0.15, 0.2) is 22.7 Å². The van der Waals surface area contributed by atoms with E-state index in [2.05, 4.69) is 20.3 Å². The number of nitrogens with zero attached hydrogens (tertiary/aromatic N) is 3. The number of carbonyl (C=O) groups is 2. The van der Waals surface area contributed by atoms with E-state index in [1.807, 2.05) is 29.1 Å². The number of rotatable bonds is 5. The first-order valence-corrected chi connectivity index (χ1v) is 8.23. The Hall–Kier alpha value is -1.87. The number of aromatic nitrogens is 3. The van der Waals surface area contributed by atoms with Crippen molar-refractivity contribution in [2.24, 2.45) is 7.05 Å². The summed E-state index contributed by atoms with van der Waals surface area (Å²) in [4.78, 5) is 24.0. The van der Waals surface area contributed by atoms with Crippen molar-refractivity contribution < 1.29 is 14.3 Å². The van der Waals surface area contributed by atoms with E-state index in [1.54, 1.807) is 18.3 Å². The van der Waals surface area contributed by atoms with Gasteiger partial charge in [0.1, 0.15) is 5.82 Å². The SMILES string of the molecule is COC(=O)NC(=O)[C@H](C)Sc1nnc(Cc2cccs2)n1C. The fraction of sp³-hybridized carbons (Fsp3) is 0.385. The van der Waals surface area contributed by atoms with Gasteiger partial charge in [0, 0.05) is 18.3 Å². The molecule has 0 unspecified atom stereocenters. The lowest BCUT2D eigenvalue weighted by Crippen LogP contribution is -2.35. The van der Waals surface area contributed by atoms with Crippen LogP contribution in [-0.2, 0) is 23.0 Å². The fourth-order valence-electron chi connectivity index (χ4n) is 1.64. The molecule has 9 heteroatoms. The maximum Gasteiger partial charge on any atom is 0.413 e. The summed E-state index contributed by atoms with van der Waals surface area (Å²) >= 11 is 2.90. The Morgan fingerprint density at radius 1 is 1.50 bits per heavy atom. The molecule has 0 saturated heterocycles. The zero-order valence-corrected chi connectivity index (χ0v) is 14.0. The third-order valence-electron chi connectivity index (χ3n) is 2.90. The van der Waals surface area contributed by atoms with Gasteiger partial charge in [0.2, 0.25) is 5.91 Å². The Morgan fingerprint density at radius 2 is 2.27 bits per heavy atom. The van der Waals surface area contributed by atoms with Crippen LogP contribution < -0.4 is 5.32 Å². The monoisotopic (exact) mass is 340 g/mol. The minimum atomic E-state index is -0.770. The summed E-state index contributed by atoms with van der Waals surface area (Å²) in [6.45, 7) is 1.69. The van der Waals surface area contributed by atoms with Crippen LogP contribution in [0.1, 0.15) is 17.6 Å². The third kappa shape index (κ3) is 4.08. The van der Waals surface area contributed by atoms with Gasteiger partial charge in [-0.2, -0.15) is 0 Å². The van der Waals surface area contributed by atoms with Crippen molar-refractivity contribution in [1.29, 1.82) is 0 Å². The minimum Gasteiger partial charge on any atom is -0.453 e. The van der Waals surface area contributed by atoms with Gasteiger partial charge >= 0.3 is 6.09 Å². The summed E-state index contributed by atoms with van der Waals surface area (Å²) in [5.74, 6) is 0.394. The van der Waals surface area contributed by atoms with E-state index in [9.17, 15) is 9.59 Å². The third-order valence-corrected chi connectivity index (χ3v) is 4.91. The number of amides is 2. The van der Waals surface area contributed by atoms with Crippen LogP contribution in [-0.4, -0.2) is 39.1 Å². The molecule has 0 saturated carbocycles. The van der Waals surface area contributed by atoms with Gasteiger partial charge in [0.05, 0.1) is 12.4 Å². The normalized spacial score (nSPS) is 12.0. The summed E-state index contributed by atoms with van der Waals surface area (Å²) in [5.41, 5.74) is 0. The molecule has 0 aliphatic heterocycles. The number of ether oxygens (including phenoxy) is 1. The topological polar surface area (TPSA) is 86.1 Å². The van der Waals surface area contributed by atoms with E-state index in [4.69, 9.17) is 0 Å². The lowest BCUT2D eigenvalue weighted by Gasteiger charge is -2.10. The average Bonchev–Trinajstić information content (AvgIpc) is 3.12. The predicted molar refractivity (Wildman–Crippen MR) is 84.0 cm³/mol. The largest absolute Gasteiger partial charge is 0.453 e. The second-order valence-corrected chi connectivity index (χ2v) is 6.80. The molecule has 0 aliphatic rings. The van der Waals surface area contributed by atoms with Gasteiger partial charge in [-0.15, -0.1) is 21.5 Å². The van der Waals surface area contributed by atoms with Crippen LogP contribution in [0.25, 0.3) is 0 Å². The second kappa shape index (κ2) is 7.41. The summed E-state index contributed by atoms with van der Waals surface area (Å²) < 4.78 is 6.25. The Balaban J connectivity index is 2.00. The van der Waals surface area contributed by atoms with Gasteiger partial charge in [-0.05, 0) is 18.4 Å². The van der Waals surface area contributed by atoms with Gasteiger partial charge in [-0.25, -0.2) is 4.79 Å². The van der Waals surface area contributed by atoms with Crippen LogP contribution in [0, 0.1) is 0 Å². The highest BCUT2D eigenvalue weighted by molar-refractivity contribution is 8.00. The quantitative estimate of drug-likeness (QED) is 0.836. The van der Waals surface area contributed by atoms with E-state index in [0.717, 1.165) is 5.82 Å². The number of carbonyl (C=O) groups excluding carboxylic acids is 2. The molecule has 22 heavy (non-hydrogen) atoms. The standard InChI is InChI=1S/C13H16N4O3S2/c1-8(11(18)14-13(19)20-3)22-12-16-15-10(17(12)2)7-9-5-4-6-21-9/h4-6,8H,7H2,1-3H3,(H,14,18,19)/t8-/m0/s1. The predicted octanol–water partition coefficient (Wildman–Crippen LogP) is 1.83. The lowest BCUT2D eigenvalue weighted by atomic mass is 10.3. The van der Waals surface area contributed by atoms with Gasteiger partial charge in [-0.1, -0.05) is 17.8 Å². The first-order chi connectivity index (χ1) is 10.5. The van der Waals surface area contributed by atoms with Crippen LogP contribution >= 0.6 is 23.1 Å². The van der Waals surface area contributed by atoms with Crippen LogP contribution in [0.2, 0.25) is 0 Å². The highest BCUT2D eigenvalue weighted by atomic mass is 32.2. The summed E-state index contributed by atoms with van der Waals surface area (Å²) in [5, 5.41) is 12.5. The van der Waals surface area contributed by atoms with Gasteiger partial charge in [0.25, 0.3) is 0 Å². The Labute approximate surface area is 136 Å². The number of thiophene rings is 1. The maximum absolute atomic E-state index is 11.8. The summed E-state index contributed by atoms with van der Waals surface area (Å²) in [6, 6.07) is 4.03. The molecule has 0 fully saturated rings. The molecule has 0 radical (unpaired) electrons. The molecule has 7 nitrogen and oxygen atoms in total. The van der Waals surface area contributed by atoms with Crippen LogP contribution in [0.5, 0.6) is 0 Å². The molecule has 1 atom stereocenters. The van der Waals surface area contributed by atoms with Crippen molar-refractivity contribution in [2.75, 3.05) is 7.11 Å². The van der Waals surface area contributed by atoms with E-state index >= 15 is 0 Å². The van der Waals surface area contributed by atoms with Crippen molar-refractivity contribution in [3.05, 3.63) is 28.2 Å². The first-order valence-electron chi connectivity index (χ1n) is 6.47. The molecule has 2 amide bonds. The smallest absolute Gasteiger partial charge is 0.413 e. The van der Waals surface area contributed by atoms with Crippen molar-refractivity contribution in [2.45, 2.75) is 23.8 Å². The molecule has 0 spiro atoms. The van der Waals surface area contributed by atoms with Crippen molar-refractivity contribution >= 4 is 35.1 Å². The number of hydrogen-bond donors (Lipinski definition) is 1. The molecule has 1 N–H and O–H groups in total. The molecule has 0 bridgehead atoms. The maximum atomic E-state index is 11.8. The second-order valence-electron chi connectivity index (χ2n) is 4.45. The minimum absolute atomic E-state index is 0.431. The first kappa shape index (κ1) is 16.5. The summed E-state index contributed by atoms with van der Waals surface area (Å²) in [7, 11) is 3.07. The molecule has 118 valence electrons. The fourth-order valence-corrected chi connectivity index (χ4v) is 3.17. The van der Waals surface area contributed by atoms with E-state index in [1.165, 1.54) is 23.7 Å². The molecule has 2 rings (SSSR count). The molecule has 2 heterocycles. The highest BCUT2D eigenvalue weighted by Gasteiger charge is 2.20. The van der Waals surface area contributed by atoms with E-state index < -0.39 is 17.3 Å². The lowest BCUT2D eigenvalue weighted by molar-refractivity contribution is -0.119. The number of methoxy groups -OCH3 is 1. The van der Waals surface area contributed by atoms with Crippen LogP contribution in [0.4, 0.5) is 4.79 Å². The highest BCUT2D eigenvalue weighted by Crippen LogP contribution is 2.23. The van der Waals surface area contributed by atoms with Gasteiger partial charge < -0.3 is 9.30 Å². The van der Waals surface area contributed by atoms with Crippen molar-refractivity contribution in [1.82, 2.24) is 20.1 Å². The van der Waals surface area contributed by atoms with E-state index in [0.29, 0.717) is 11.6 Å². The molecule has 0 aromatic carbocycles. The van der Waals surface area contributed by atoms with Crippen molar-refractivity contribution in [3.8, 4) is 0 Å². The average molecular weight is 340 g/mol. The molecule has 2 aromatic rings.